The van der Waals surface area contributed by atoms with Crippen molar-refractivity contribution in [1.29, 1.82) is 10.7 Å². The zero-order valence-electron chi connectivity index (χ0n) is 86.9. The van der Waals surface area contributed by atoms with Crippen LogP contribution in [0, 0.1) is 126 Å². The van der Waals surface area contributed by atoms with Gasteiger partial charge in [0, 0.05) is 117 Å². The molecular formula is C125H125Cl4FN14O2S4. The Morgan fingerprint density at radius 1 is 0.413 bits per heavy atom. The predicted molar refractivity (Wildman–Crippen MR) is 642 cm³/mol. The zero-order valence-corrected chi connectivity index (χ0v) is 93.1. The van der Waals surface area contributed by atoms with Crippen molar-refractivity contribution in [2.45, 2.75) is 130 Å². The summed E-state index contributed by atoms with van der Waals surface area (Å²) in [6.07, 6.45) is 6.13. The van der Waals surface area contributed by atoms with Crippen LogP contribution in [0.4, 0.5) is 10.2 Å². The van der Waals surface area contributed by atoms with Gasteiger partial charge in [-0.05, 0) is 366 Å². The number of thiophene rings is 4. The molecule has 0 atom stereocenters. The van der Waals surface area contributed by atoms with Gasteiger partial charge in [0.1, 0.15) is 30.7 Å². The van der Waals surface area contributed by atoms with Crippen molar-refractivity contribution in [3.05, 3.63) is 502 Å². The number of pyridine rings is 3. The van der Waals surface area contributed by atoms with Crippen LogP contribution >= 0.6 is 91.8 Å². The molecule has 0 radical (unpaired) electrons. The first kappa shape index (κ1) is 115. The topological polar surface area (TPSA) is 267 Å². The fourth-order valence-corrected chi connectivity index (χ4v) is 18.6. The Labute approximate surface area is 915 Å². The summed E-state index contributed by atoms with van der Waals surface area (Å²) in [5.41, 5.74) is 43.0. The Kier molecular flexibility index (Phi) is 45.5. The van der Waals surface area contributed by atoms with Crippen LogP contribution in [0.3, 0.4) is 0 Å². The third-order valence-electron chi connectivity index (χ3n) is 22.8. The van der Waals surface area contributed by atoms with E-state index in [1.165, 1.54) is 116 Å². The van der Waals surface area contributed by atoms with Crippen LogP contribution < -0.4 is 22.5 Å². The van der Waals surface area contributed by atoms with Gasteiger partial charge < -0.3 is 47.1 Å². The van der Waals surface area contributed by atoms with E-state index in [2.05, 4.69) is 218 Å². The zero-order chi connectivity index (χ0) is 108. The van der Waals surface area contributed by atoms with E-state index in [0.29, 0.717) is 30.4 Å². The van der Waals surface area contributed by atoms with Crippen molar-refractivity contribution < 1.29 is 14.1 Å². The average molecular weight is 2140 g/mol. The molecule has 16 nitrogen and oxygen atoms in total. The van der Waals surface area contributed by atoms with Crippen LogP contribution in [-0.4, -0.2) is 54.0 Å². The number of nitrogen functional groups attached to an aromatic ring is 1. The quantitative estimate of drug-likeness (QED) is 0.0569. The molecular weight excluding hydrogens is 2020 g/mol. The fraction of sp³-hybridized carbons (Fsp3) is 0.160. The van der Waals surface area contributed by atoms with E-state index in [-0.39, 0.29) is 11.7 Å². The first-order chi connectivity index (χ1) is 72.1. The summed E-state index contributed by atoms with van der Waals surface area (Å²) >= 11 is 29.5. The number of nitriles is 1. The van der Waals surface area contributed by atoms with Gasteiger partial charge in [-0.25, -0.2) is 19.3 Å². The molecule has 150 heavy (non-hydrogen) atoms. The number of nitrogens with one attached hydrogen (secondary N) is 5. The molecule has 0 amide bonds. The van der Waals surface area contributed by atoms with Crippen LogP contribution in [0.5, 0.6) is 0 Å². The number of H-pyrrole nitrogens is 3. The second-order valence-corrected chi connectivity index (χ2v) is 42.0. The number of nitrogens with two attached hydrogens (primary N) is 3. The number of amidine groups is 3. The van der Waals surface area contributed by atoms with E-state index in [0.717, 1.165) is 120 Å². The maximum atomic E-state index is 13.0. The summed E-state index contributed by atoms with van der Waals surface area (Å²) in [6.45, 7) is 32.5. The molecule has 22 aromatic rings. The second-order valence-electron chi connectivity index (χ2n) is 35.8. The van der Waals surface area contributed by atoms with Crippen molar-refractivity contribution in [1.82, 2.24) is 29.9 Å². The summed E-state index contributed by atoms with van der Waals surface area (Å²) in [5, 5.41) is 48.2. The summed E-state index contributed by atoms with van der Waals surface area (Å²) < 4.78 is 14.8. The second kappa shape index (κ2) is 59.2. The predicted octanol–water partition coefficient (Wildman–Crippen LogP) is 35.0. The number of para-hydroxylation sites is 1. The molecule has 25 heteroatoms. The monoisotopic (exact) mass is 2140 g/mol. The highest BCUT2D eigenvalue weighted by molar-refractivity contribution is 7.16. The highest BCUT2D eigenvalue weighted by Gasteiger charge is 2.15. The molecule has 0 saturated carbocycles. The molecule has 3 aliphatic heterocycles. The number of aromatic amines is 3. The van der Waals surface area contributed by atoms with Crippen molar-refractivity contribution in [3.63, 3.8) is 0 Å². The van der Waals surface area contributed by atoms with Crippen LogP contribution in [0.1, 0.15) is 128 Å². The minimum atomic E-state index is -0.131. The van der Waals surface area contributed by atoms with Gasteiger partial charge in [-0.3, -0.25) is 5.41 Å². The van der Waals surface area contributed by atoms with E-state index in [4.69, 9.17) is 84.0 Å². The van der Waals surface area contributed by atoms with Gasteiger partial charge in [0.15, 0.2) is 17.3 Å². The molecule has 766 valence electrons. The maximum absolute atomic E-state index is 13.0. The number of rotatable bonds is 1. The van der Waals surface area contributed by atoms with Crippen molar-refractivity contribution in [2.75, 3.05) is 11.9 Å². The molecule has 0 unspecified atom stereocenters. The molecule has 11 N–H and O–H groups in total. The van der Waals surface area contributed by atoms with Gasteiger partial charge in [0.25, 0.3) is 0 Å². The van der Waals surface area contributed by atoms with Gasteiger partial charge in [-0.15, -0.1) is 34.0 Å². The third kappa shape index (κ3) is 38.3. The number of anilines is 1. The van der Waals surface area contributed by atoms with E-state index in [9.17, 15) is 4.39 Å². The average Bonchev–Trinajstić information content (AvgIpc) is 1.32. The molecule has 0 aliphatic carbocycles. The van der Waals surface area contributed by atoms with Crippen LogP contribution in [0.2, 0.25) is 18.7 Å². The lowest BCUT2D eigenvalue weighted by Gasteiger charge is -2.16. The molecule has 0 saturated heterocycles. The molecule has 12 aromatic carbocycles. The summed E-state index contributed by atoms with van der Waals surface area (Å²) in [7, 11) is 0. The lowest BCUT2D eigenvalue weighted by Crippen LogP contribution is -2.20. The molecule has 13 heterocycles. The largest absolute Gasteiger partial charge is 0.389 e. The van der Waals surface area contributed by atoms with Crippen molar-refractivity contribution >= 4 is 191 Å². The number of hydrogen-bond acceptors (Lipinski definition) is 16. The fourth-order valence-electron chi connectivity index (χ4n) is 15.1. The molecule has 0 spiro atoms. The third-order valence-corrected chi connectivity index (χ3v) is 27.3. The molecule has 0 bridgehead atoms. The van der Waals surface area contributed by atoms with Crippen LogP contribution in [0.25, 0.3) is 76.1 Å². The summed E-state index contributed by atoms with van der Waals surface area (Å²) in [5.74, 6) is 2.03. The number of aromatic nitrogens is 6. The number of halogens is 5. The van der Waals surface area contributed by atoms with Gasteiger partial charge >= 0.3 is 0 Å². The smallest absolute Gasteiger partial charge is 0.170 e. The number of hydrogen-bond donors (Lipinski definition) is 8. The van der Waals surface area contributed by atoms with Crippen LogP contribution in [0.15, 0.2) is 366 Å². The maximum Gasteiger partial charge on any atom is 0.170 e. The number of aryl methyl sites for hydroxylation is 16. The minimum Gasteiger partial charge on any atom is -0.389 e. The number of fused-ring (bicyclic) bond motifs is 10. The van der Waals surface area contributed by atoms with E-state index < -0.39 is 0 Å². The van der Waals surface area contributed by atoms with Crippen LogP contribution in [-0.2, 0) is 29.3 Å². The Hall–Kier alpha value is -15.1. The Morgan fingerprint density at radius 2 is 0.980 bits per heavy atom. The Morgan fingerprint density at radius 3 is 1.58 bits per heavy atom. The Bertz CT molecular complexity index is 8010. The highest BCUT2D eigenvalue weighted by atomic mass is 35.5. The van der Waals surface area contributed by atoms with Gasteiger partial charge in [-0.1, -0.05) is 249 Å². The van der Waals surface area contributed by atoms with Gasteiger partial charge in [-0.2, -0.15) is 16.6 Å². The SMILES string of the molecule is Cc1cc2cc(Cl)ccc2[nH]1.Cc1cc2ccccc2[nH]1.Cc1cc2ccccc2cc1C#N.Cc1cc2ccccc2cc1F.Cc1ccc(Cl)s1.Cc1ccc2c(c1)C(N)=NOC2.Cc1ccc2c(c1)CON=C2N.Cc1ccc2c(n1)NCCC2.Cc1ccc2cc(Cl)ccc2c1.Cc1ccc2cc[nH]c2c1.Cc1ccc2cccnc2n1.Cc1cccc(C(=N)N)c1.Cc1cccs1.Cc1ccsc1.Cc1csc(Cl)c1. The first-order valence-electron chi connectivity index (χ1n) is 48.5. The molecule has 3 aliphatic rings. The number of oxime groups is 2. The van der Waals surface area contributed by atoms with Crippen molar-refractivity contribution in [3.8, 4) is 6.07 Å². The van der Waals surface area contributed by atoms with Crippen molar-refractivity contribution in [2.24, 2.45) is 27.5 Å². The summed E-state index contributed by atoms with van der Waals surface area (Å²) in [4.78, 5) is 34.9. The summed E-state index contributed by atoms with van der Waals surface area (Å²) in [6, 6.07) is 109. The standard InChI is InChI=1S/C12H9N.C11H9Cl.C11H9F.C9H8ClN.2C9H10N2O.C9H12N2.C9H8N2.2C9H9N.C8H10N2.2C5H5ClS.2C5H6S/c1-9-6-10-4-2-3-5-11(10)7-12(9)8-13;1-8-2-3-10-7-11(12)5-4-9(10)6-8;1-8-6-9-4-2-3-5-10(9)7-11(8)12;1-6-4-7-5-8(10)2-3-9(7)11-6;1-6-2-3-8-7(4-6)5-12-11-9(8)10;1-6-2-3-7-5-12-11-9(10)8(7)4-6;2*1-7-4-5-8-3-2-6-10-9(8)11-7;1-7-2-3-8-4-5-10-9(8)6-7;1-7-6-8-4-2-3-5-9(8)10-7;1-6-3-2-4-7(5-6)8(9)10;1-4-2-5(6)7-3-4;1-4-2-3-5(6)7-4;1-5-2-3-6-4-5;1-5-3-2-4-6-5/h2-7H,1H3;2*2-7H,1H3;2-5,11H,1H3;2*2-4H,5H2,1H3,(H2,10,11);4-5H,2-3,6H2,1H3,(H,10,11);2-6H,1H3;2*2-6,10H,1H3;2-5H,1H3,(H3,9,10);2*2-3H,1H3;2*2-4H,1H3. The molecule has 0 fully saturated rings. The van der Waals surface area contributed by atoms with Gasteiger partial charge in [0.2, 0.25) is 0 Å². The molecule has 25 rings (SSSR count). The number of nitrogens with zero attached hydrogens (tertiary/aromatic N) is 6. The van der Waals surface area contributed by atoms with E-state index >= 15 is 0 Å². The van der Waals surface area contributed by atoms with E-state index in [1.54, 1.807) is 64.5 Å². The normalized spacial score (nSPS) is 11.1. The lowest BCUT2D eigenvalue weighted by molar-refractivity contribution is 0.125. The first-order valence-corrected chi connectivity index (χ1v) is 53.5. The molecule has 10 aromatic heterocycles. The van der Waals surface area contributed by atoms with Gasteiger partial charge in [0.05, 0.1) is 20.3 Å². The highest BCUT2D eigenvalue weighted by Crippen LogP contribution is 2.28. The van der Waals surface area contributed by atoms with E-state index in [1.807, 2.05) is 274 Å². The lowest BCUT2D eigenvalue weighted by atomic mass is 10.0. The Balaban J connectivity index is 0.000000153. The minimum absolute atomic E-state index is 0.128. The number of benzene rings is 12.